The van der Waals surface area contributed by atoms with Gasteiger partial charge in [0.05, 0.1) is 6.10 Å². The van der Waals surface area contributed by atoms with E-state index in [1.54, 1.807) is 6.20 Å². The molecule has 17 heavy (non-hydrogen) atoms. The van der Waals surface area contributed by atoms with Crippen molar-refractivity contribution in [3.8, 4) is 0 Å². The number of hydrogen-bond donors (Lipinski definition) is 1. The molecule has 0 radical (unpaired) electrons. The van der Waals surface area contributed by atoms with Crippen molar-refractivity contribution in [2.45, 2.75) is 19.4 Å². The number of rotatable bonds is 3. The minimum absolute atomic E-state index is 0.520. The minimum Gasteiger partial charge on any atom is -0.388 e. The quantitative estimate of drug-likeness (QED) is 0.945. The summed E-state index contributed by atoms with van der Waals surface area (Å²) < 4.78 is 2.95. The van der Waals surface area contributed by atoms with Crippen molar-refractivity contribution in [1.29, 1.82) is 0 Å². The van der Waals surface area contributed by atoms with Crippen LogP contribution in [0.1, 0.15) is 23.1 Å². The fourth-order valence-corrected chi connectivity index (χ4v) is 2.10. The molecule has 4 heteroatoms. The molecule has 0 fully saturated rings. The van der Waals surface area contributed by atoms with Gasteiger partial charge < -0.3 is 9.67 Å². The van der Waals surface area contributed by atoms with E-state index in [-0.39, 0.29) is 0 Å². The molecule has 0 aliphatic carbocycles. The first kappa shape index (κ1) is 12.3. The number of benzene rings is 1. The first-order chi connectivity index (χ1) is 8.08. The van der Waals surface area contributed by atoms with Gasteiger partial charge >= 0.3 is 0 Å². The maximum absolute atomic E-state index is 10.2. The molecule has 0 aliphatic heterocycles. The van der Waals surface area contributed by atoms with Crippen molar-refractivity contribution in [1.82, 2.24) is 9.55 Å². The van der Waals surface area contributed by atoms with E-state index < -0.39 is 6.10 Å². The van der Waals surface area contributed by atoms with Crippen LogP contribution in [0.4, 0.5) is 0 Å². The number of halogens is 1. The number of aromatic nitrogens is 2. The summed E-state index contributed by atoms with van der Waals surface area (Å²) in [6.07, 6.45) is 3.63. The van der Waals surface area contributed by atoms with Crippen molar-refractivity contribution in [2.24, 2.45) is 7.05 Å². The molecule has 1 unspecified atom stereocenters. The molecule has 1 atom stereocenters. The van der Waals surface area contributed by atoms with Gasteiger partial charge in [0.2, 0.25) is 0 Å². The van der Waals surface area contributed by atoms with Crippen LogP contribution in [-0.2, 0) is 13.5 Å². The largest absolute Gasteiger partial charge is 0.388 e. The second-order valence-electron chi connectivity index (χ2n) is 4.18. The Bertz CT molecular complexity index is 522. The number of nitrogens with zero attached hydrogens (tertiary/aromatic N) is 2. The summed E-state index contributed by atoms with van der Waals surface area (Å²) in [6, 6.07) is 5.91. The predicted octanol–water partition coefficient (Wildman–Crippen LogP) is 2.77. The van der Waals surface area contributed by atoms with E-state index in [1.807, 2.05) is 42.9 Å². The molecule has 0 amide bonds. The second-order valence-corrected chi connectivity index (χ2v) is 5.04. The molecule has 1 N–H and O–H groups in total. The fourth-order valence-electron chi connectivity index (χ4n) is 1.70. The van der Waals surface area contributed by atoms with Gasteiger partial charge in [-0.25, -0.2) is 4.98 Å². The molecular formula is C13H15BrN2O. The molecule has 1 heterocycles. The summed E-state index contributed by atoms with van der Waals surface area (Å²) in [4.78, 5) is 4.21. The van der Waals surface area contributed by atoms with Gasteiger partial charge in [0, 0.05) is 30.3 Å². The third-order valence-corrected chi connectivity index (χ3v) is 3.73. The lowest BCUT2D eigenvalue weighted by Crippen LogP contribution is -2.06. The lowest BCUT2D eigenvalue weighted by Gasteiger charge is -2.12. The highest BCUT2D eigenvalue weighted by Gasteiger charge is 2.12. The molecule has 0 saturated carbocycles. The number of imidazole rings is 1. The summed E-state index contributed by atoms with van der Waals surface area (Å²) in [5.41, 5.74) is 2.07. The van der Waals surface area contributed by atoms with E-state index in [1.165, 1.54) is 0 Å². The average molecular weight is 295 g/mol. The molecule has 0 aliphatic rings. The van der Waals surface area contributed by atoms with Gasteiger partial charge in [-0.15, -0.1) is 0 Å². The summed E-state index contributed by atoms with van der Waals surface area (Å²) in [6.45, 7) is 2.03. The minimum atomic E-state index is -0.520. The van der Waals surface area contributed by atoms with Crippen LogP contribution in [0.5, 0.6) is 0 Å². The highest BCUT2D eigenvalue weighted by molar-refractivity contribution is 9.10. The summed E-state index contributed by atoms with van der Waals surface area (Å²) >= 11 is 3.47. The Hall–Kier alpha value is -1.13. The van der Waals surface area contributed by atoms with E-state index in [2.05, 4.69) is 20.9 Å². The van der Waals surface area contributed by atoms with Gasteiger partial charge in [-0.1, -0.05) is 28.1 Å². The van der Waals surface area contributed by atoms with Crippen LogP contribution in [-0.4, -0.2) is 14.7 Å². The maximum Gasteiger partial charge on any atom is 0.111 e. The summed E-state index contributed by atoms with van der Waals surface area (Å²) in [5, 5.41) is 10.2. The Morgan fingerprint density at radius 3 is 2.82 bits per heavy atom. The lowest BCUT2D eigenvalue weighted by atomic mass is 10.0. The molecule has 1 aromatic carbocycles. The number of aliphatic hydroxyl groups is 1. The van der Waals surface area contributed by atoms with Crippen LogP contribution in [0.25, 0.3) is 0 Å². The van der Waals surface area contributed by atoms with Gasteiger partial charge in [0.15, 0.2) is 0 Å². The Kier molecular flexibility index (Phi) is 3.64. The topological polar surface area (TPSA) is 38.1 Å². The normalized spacial score (nSPS) is 12.7. The van der Waals surface area contributed by atoms with Gasteiger partial charge in [-0.3, -0.25) is 0 Å². The van der Waals surface area contributed by atoms with E-state index in [9.17, 15) is 5.11 Å². The van der Waals surface area contributed by atoms with Crippen molar-refractivity contribution in [2.75, 3.05) is 0 Å². The Morgan fingerprint density at radius 1 is 1.47 bits per heavy atom. The highest BCUT2D eigenvalue weighted by Crippen LogP contribution is 2.23. The van der Waals surface area contributed by atoms with Crippen LogP contribution in [0, 0.1) is 6.92 Å². The second kappa shape index (κ2) is 5.02. The number of hydrogen-bond acceptors (Lipinski definition) is 2. The molecule has 0 bridgehead atoms. The smallest absolute Gasteiger partial charge is 0.111 e. The molecule has 0 spiro atoms. The standard InChI is InChI=1S/C13H15BrN2O/c1-9-3-4-10(7-11(9)14)12(17)8-13-15-5-6-16(13)2/h3-7,12,17H,8H2,1-2H3. The van der Waals surface area contributed by atoms with E-state index in [4.69, 9.17) is 0 Å². The van der Waals surface area contributed by atoms with Crippen molar-refractivity contribution >= 4 is 15.9 Å². The van der Waals surface area contributed by atoms with Gasteiger partial charge in [-0.2, -0.15) is 0 Å². The van der Waals surface area contributed by atoms with Gasteiger partial charge in [0.1, 0.15) is 5.82 Å². The predicted molar refractivity (Wildman–Crippen MR) is 70.8 cm³/mol. The van der Waals surface area contributed by atoms with Gasteiger partial charge in [0.25, 0.3) is 0 Å². The van der Waals surface area contributed by atoms with Crippen LogP contribution in [0.3, 0.4) is 0 Å². The molecular weight excluding hydrogens is 280 g/mol. The fraction of sp³-hybridized carbons (Fsp3) is 0.308. The highest BCUT2D eigenvalue weighted by atomic mass is 79.9. The molecule has 90 valence electrons. The molecule has 2 rings (SSSR count). The van der Waals surface area contributed by atoms with Crippen LogP contribution in [0.2, 0.25) is 0 Å². The number of aliphatic hydroxyl groups excluding tert-OH is 1. The van der Waals surface area contributed by atoms with Crippen molar-refractivity contribution in [3.05, 3.63) is 52.0 Å². The molecule has 0 saturated heterocycles. The maximum atomic E-state index is 10.2. The number of aryl methyl sites for hydroxylation is 2. The lowest BCUT2D eigenvalue weighted by molar-refractivity contribution is 0.175. The van der Waals surface area contributed by atoms with Crippen LogP contribution in [0.15, 0.2) is 35.1 Å². The Balaban J connectivity index is 2.17. The third kappa shape index (κ3) is 2.76. The zero-order valence-corrected chi connectivity index (χ0v) is 11.5. The molecule has 1 aromatic heterocycles. The molecule has 2 aromatic rings. The molecule has 3 nitrogen and oxygen atoms in total. The summed E-state index contributed by atoms with van der Waals surface area (Å²) in [5.74, 6) is 0.884. The zero-order chi connectivity index (χ0) is 12.4. The van der Waals surface area contributed by atoms with E-state index in [0.29, 0.717) is 6.42 Å². The van der Waals surface area contributed by atoms with Crippen molar-refractivity contribution < 1.29 is 5.11 Å². The first-order valence-corrected chi connectivity index (χ1v) is 6.27. The van der Waals surface area contributed by atoms with Crippen molar-refractivity contribution in [3.63, 3.8) is 0 Å². The SMILES string of the molecule is Cc1ccc(C(O)Cc2nccn2C)cc1Br. The third-order valence-electron chi connectivity index (χ3n) is 2.88. The Morgan fingerprint density at radius 2 is 2.24 bits per heavy atom. The first-order valence-electron chi connectivity index (χ1n) is 5.48. The van der Waals surface area contributed by atoms with E-state index >= 15 is 0 Å². The van der Waals surface area contributed by atoms with E-state index in [0.717, 1.165) is 21.4 Å². The average Bonchev–Trinajstić information content (AvgIpc) is 2.68. The Labute approximate surface area is 109 Å². The van der Waals surface area contributed by atoms with Crippen LogP contribution < -0.4 is 0 Å². The zero-order valence-electron chi connectivity index (χ0n) is 9.89. The van der Waals surface area contributed by atoms with Gasteiger partial charge in [-0.05, 0) is 24.1 Å². The summed E-state index contributed by atoms with van der Waals surface area (Å²) in [7, 11) is 1.93. The monoisotopic (exact) mass is 294 g/mol. The van der Waals surface area contributed by atoms with Crippen LogP contribution >= 0.6 is 15.9 Å².